The summed E-state index contributed by atoms with van der Waals surface area (Å²) in [7, 11) is 0. The zero-order valence-electron chi connectivity index (χ0n) is 6.15. The first-order valence-corrected chi connectivity index (χ1v) is 2.73. The molecule has 0 bridgehead atoms. The van der Waals surface area contributed by atoms with E-state index in [4.69, 9.17) is 22.7 Å². The van der Waals surface area contributed by atoms with Crippen LogP contribution in [-0.2, 0) is 0 Å². The van der Waals surface area contributed by atoms with Crippen molar-refractivity contribution in [2.75, 3.05) is 0 Å². The van der Waals surface area contributed by atoms with Crippen LogP contribution in [0.2, 0.25) is 0 Å². The number of hydrogen-bond acceptors (Lipinski definition) is 5. The fourth-order valence-electron chi connectivity index (χ4n) is 0.612. The predicted octanol–water partition coefficient (Wildman–Crippen LogP) is -1.37. The maximum Gasteiger partial charge on any atom is 0.168 e. The average Bonchev–Trinajstić information content (AvgIpc) is 1.93. The molecule has 1 rings (SSSR count). The lowest BCUT2D eigenvalue weighted by Gasteiger charge is -2.30. The Hall–Kier alpha value is -0.690. The molecule has 0 saturated heterocycles. The molecule has 0 spiro atoms. The van der Waals surface area contributed by atoms with Crippen molar-refractivity contribution in [1.29, 1.82) is 5.41 Å². The van der Waals surface area contributed by atoms with Gasteiger partial charge in [0.25, 0.3) is 0 Å². The highest BCUT2D eigenvalue weighted by Crippen LogP contribution is 1.97. The van der Waals surface area contributed by atoms with Gasteiger partial charge in [0.15, 0.2) is 12.1 Å². The van der Waals surface area contributed by atoms with Gasteiger partial charge in [-0.3, -0.25) is 16.2 Å². The first kappa shape index (κ1) is 13.9. The van der Waals surface area contributed by atoms with Crippen molar-refractivity contribution in [3.05, 3.63) is 11.9 Å². The molecule has 0 saturated carbocycles. The summed E-state index contributed by atoms with van der Waals surface area (Å²) in [5.74, 6) is 5.35. The molecule has 0 aliphatic carbocycles. The van der Waals surface area contributed by atoms with Crippen LogP contribution in [0.3, 0.4) is 0 Å². The second-order valence-corrected chi connectivity index (χ2v) is 1.97. The first-order valence-electron chi connectivity index (χ1n) is 2.73. The first-order chi connectivity index (χ1) is 4.63. The van der Waals surface area contributed by atoms with Gasteiger partial charge in [0.2, 0.25) is 0 Å². The minimum Gasteiger partial charge on any atom is -0.395 e. The van der Waals surface area contributed by atoms with Gasteiger partial charge in [-0.1, -0.05) is 0 Å². The second-order valence-electron chi connectivity index (χ2n) is 1.97. The van der Waals surface area contributed by atoms with Crippen LogP contribution in [-0.4, -0.2) is 17.1 Å². The Labute approximate surface area is 82.4 Å². The third kappa shape index (κ3) is 2.42. The van der Waals surface area contributed by atoms with Crippen LogP contribution >= 0.6 is 24.8 Å². The lowest BCUT2D eigenvalue weighted by atomic mass is 10.4. The summed E-state index contributed by atoms with van der Waals surface area (Å²) in [4.78, 5) is 0. The molecule has 72 valence electrons. The molecule has 8 N–H and O–H groups in total. The minimum absolute atomic E-state index is 0. The van der Waals surface area contributed by atoms with Crippen LogP contribution in [0.1, 0.15) is 0 Å². The third-order valence-corrected chi connectivity index (χ3v) is 1.24. The molecule has 6 nitrogen and oxygen atoms in total. The van der Waals surface area contributed by atoms with E-state index in [-0.39, 0.29) is 36.3 Å². The minimum atomic E-state index is -0.556. The van der Waals surface area contributed by atoms with E-state index >= 15 is 0 Å². The highest BCUT2D eigenvalue weighted by atomic mass is 35.5. The van der Waals surface area contributed by atoms with Crippen molar-refractivity contribution in [1.82, 2.24) is 10.3 Å². The van der Waals surface area contributed by atoms with Gasteiger partial charge in [0.05, 0.1) is 5.70 Å². The Morgan fingerprint density at radius 2 is 2.00 bits per heavy atom. The van der Waals surface area contributed by atoms with E-state index in [1.807, 2.05) is 0 Å². The highest BCUT2D eigenvalue weighted by Gasteiger charge is 2.18. The normalized spacial score (nSPS) is 21.5. The Bertz CT molecular complexity index is 192. The van der Waals surface area contributed by atoms with Gasteiger partial charge in [0.1, 0.15) is 0 Å². The number of rotatable bonds is 0. The van der Waals surface area contributed by atoms with Crippen molar-refractivity contribution in [2.45, 2.75) is 6.29 Å². The number of nitrogens with one attached hydrogen (secondary N) is 2. The summed E-state index contributed by atoms with van der Waals surface area (Å²) in [6.45, 7) is 0. The van der Waals surface area contributed by atoms with Crippen molar-refractivity contribution in [3.63, 3.8) is 0 Å². The molecule has 1 atom stereocenters. The van der Waals surface area contributed by atoms with Crippen LogP contribution in [0, 0.1) is 5.41 Å². The predicted molar refractivity (Wildman–Crippen MR) is 51.6 cm³/mol. The molecular formula is C4H12Cl2N6. The summed E-state index contributed by atoms with van der Waals surface area (Å²) in [5.41, 5.74) is 11.0. The van der Waals surface area contributed by atoms with Crippen LogP contribution < -0.4 is 22.6 Å². The molecule has 1 aliphatic rings. The Morgan fingerprint density at radius 3 is 2.42 bits per heavy atom. The quantitative estimate of drug-likeness (QED) is 0.319. The molecule has 1 unspecified atom stereocenters. The van der Waals surface area contributed by atoms with E-state index < -0.39 is 6.29 Å². The number of amidine groups is 1. The second kappa shape index (κ2) is 5.04. The Balaban J connectivity index is 0. The fraction of sp³-hybridized carbons (Fsp3) is 0.250. The molecule has 0 aromatic carbocycles. The van der Waals surface area contributed by atoms with Crippen LogP contribution in [0.4, 0.5) is 0 Å². The Morgan fingerprint density at radius 1 is 1.50 bits per heavy atom. The van der Waals surface area contributed by atoms with E-state index in [1.54, 1.807) is 0 Å². The van der Waals surface area contributed by atoms with Crippen molar-refractivity contribution < 1.29 is 0 Å². The number of hydrazine groups is 1. The van der Waals surface area contributed by atoms with E-state index in [0.717, 1.165) is 5.01 Å². The van der Waals surface area contributed by atoms with E-state index in [2.05, 4.69) is 5.32 Å². The van der Waals surface area contributed by atoms with Crippen LogP contribution in [0.25, 0.3) is 0 Å². The van der Waals surface area contributed by atoms with Gasteiger partial charge in [-0.05, 0) is 0 Å². The van der Waals surface area contributed by atoms with E-state index in [1.165, 1.54) is 6.20 Å². The Kier molecular flexibility index (Phi) is 5.83. The summed E-state index contributed by atoms with van der Waals surface area (Å²) in [6, 6.07) is 0. The van der Waals surface area contributed by atoms with Crippen molar-refractivity contribution in [2.24, 2.45) is 17.3 Å². The molecule has 0 radical (unpaired) electrons. The SMILES string of the molecule is Cl.Cl.N=C1C(N)=CNC(N)N1N. The van der Waals surface area contributed by atoms with Gasteiger partial charge in [-0.2, -0.15) is 0 Å². The molecule has 0 aromatic rings. The standard InChI is InChI=1S/C4H10N6.2ClH/c5-2-1-9-4(7)10(8)3(2)6;;/h1,4,6,9H,5,7-8H2;2*1H. The molecule has 0 aromatic heterocycles. The van der Waals surface area contributed by atoms with Gasteiger partial charge in [-0.25, -0.2) is 5.84 Å². The van der Waals surface area contributed by atoms with Gasteiger partial charge in [-0.15, -0.1) is 24.8 Å². The van der Waals surface area contributed by atoms with Crippen molar-refractivity contribution in [3.8, 4) is 0 Å². The van der Waals surface area contributed by atoms with Gasteiger partial charge >= 0.3 is 0 Å². The van der Waals surface area contributed by atoms with E-state index in [9.17, 15) is 0 Å². The zero-order valence-corrected chi connectivity index (χ0v) is 7.78. The van der Waals surface area contributed by atoms with Gasteiger partial charge < -0.3 is 11.1 Å². The molecule has 1 heterocycles. The summed E-state index contributed by atoms with van der Waals surface area (Å²) in [6.07, 6.45) is 0.899. The summed E-state index contributed by atoms with van der Waals surface area (Å²) >= 11 is 0. The molecule has 0 fully saturated rings. The number of nitrogens with zero attached hydrogens (tertiary/aromatic N) is 1. The monoisotopic (exact) mass is 214 g/mol. The van der Waals surface area contributed by atoms with E-state index in [0.29, 0.717) is 0 Å². The lowest BCUT2D eigenvalue weighted by molar-refractivity contribution is 0.288. The van der Waals surface area contributed by atoms with Gasteiger partial charge in [0, 0.05) is 6.20 Å². The fourth-order valence-corrected chi connectivity index (χ4v) is 0.612. The zero-order chi connectivity index (χ0) is 7.72. The largest absolute Gasteiger partial charge is 0.395 e. The summed E-state index contributed by atoms with van der Waals surface area (Å²) < 4.78 is 0. The summed E-state index contributed by atoms with van der Waals surface area (Å²) in [5, 5.41) is 10.9. The average molecular weight is 215 g/mol. The molecule has 0 amide bonds. The smallest absolute Gasteiger partial charge is 0.168 e. The highest BCUT2D eigenvalue weighted by molar-refractivity contribution is 5.95. The van der Waals surface area contributed by atoms with Crippen molar-refractivity contribution >= 4 is 30.6 Å². The maximum atomic E-state index is 7.22. The number of halogens is 2. The van der Waals surface area contributed by atoms with Crippen LogP contribution in [0.5, 0.6) is 0 Å². The molecule has 8 heteroatoms. The molecular weight excluding hydrogens is 203 g/mol. The maximum absolute atomic E-state index is 7.22. The number of nitrogens with two attached hydrogens (primary N) is 3. The lowest BCUT2D eigenvalue weighted by Crippen LogP contribution is -2.60. The number of hydrogen-bond donors (Lipinski definition) is 5. The van der Waals surface area contributed by atoms with Crippen LogP contribution in [0.15, 0.2) is 11.9 Å². The third-order valence-electron chi connectivity index (χ3n) is 1.24. The molecule has 12 heavy (non-hydrogen) atoms. The molecule has 1 aliphatic heterocycles. The topological polar surface area (TPSA) is 117 Å².